The topological polar surface area (TPSA) is 92.2 Å². The molecule has 0 saturated heterocycles. The molecule has 0 atom stereocenters. The third-order valence-electron chi connectivity index (χ3n) is 2.70. The van der Waals surface area contributed by atoms with Crippen molar-refractivity contribution in [2.75, 3.05) is 5.32 Å². The molecular weight excluding hydrogens is 297 g/mol. The van der Waals surface area contributed by atoms with E-state index >= 15 is 0 Å². The normalized spacial score (nSPS) is 10.4. The van der Waals surface area contributed by atoms with Crippen molar-refractivity contribution < 1.29 is 19.1 Å². The molecule has 0 aliphatic carbocycles. The number of benzene rings is 1. The number of amides is 1. The smallest absolute Gasteiger partial charge is 0.338 e. The lowest BCUT2D eigenvalue weighted by molar-refractivity contribution is 0.0691. The highest BCUT2D eigenvalue weighted by molar-refractivity contribution is 7.08. The van der Waals surface area contributed by atoms with Crippen LogP contribution in [0.3, 0.4) is 0 Å². The van der Waals surface area contributed by atoms with Crippen molar-refractivity contribution in [3.63, 3.8) is 0 Å². The Bertz CT molecular complexity index is 687. The van der Waals surface area contributed by atoms with Crippen molar-refractivity contribution in [3.8, 4) is 0 Å². The summed E-state index contributed by atoms with van der Waals surface area (Å²) < 4.78 is 17.0. The number of halogens is 1. The molecule has 1 heterocycles. The largest absolute Gasteiger partial charge is 0.478 e. The van der Waals surface area contributed by atoms with Gasteiger partial charge in [0.1, 0.15) is 10.7 Å². The van der Waals surface area contributed by atoms with Gasteiger partial charge in [-0.1, -0.05) is 17.8 Å². The van der Waals surface area contributed by atoms with Gasteiger partial charge >= 0.3 is 5.97 Å². The Labute approximate surface area is 123 Å². The number of carbonyl (C=O) groups is 2. The lowest BCUT2D eigenvalue weighted by atomic mass is 10.2. The third kappa shape index (κ3) is 3.40. The maximum Gasteiger partial charge on any atom is 0.338 e. The fraction of sp³-hybridized carbons (Fsp3) is 0.231. The summed E-state index contributed by atoms with van der Waals surface area (Å²) in [6.45, 7) is 1.96. The molecule has 0 saturated carbocycles. The Morgan fingerprint density at radius 2 is 2.19 bits per heavy atom. The van der Waals surface area contributed by atoms with Gasteiger partial charge in [-0.15, -0.1) is 5.10 Å². The van der Waals surface area contributed by atoms with Crippen molar-refractivity contribution in [2.45, 2.75) is 19.8 Å². The maximum atomic E-state index is 13.3. The fourth-order valence-electron chi connectivity index (χ4n) is 1.74. The second kappa shape index (κ2) is 6.40. The average Bonchev–Trinajstić information content (AvgIpc) is 2.89. The van der Waals surface area contributed by atoms with Gasteiger partial charge in [0.15, 0.2) is 0 Å². The summed E-state index contributed by atoms with van der Waals surface area (Å²) in [6.07, 6.45) is 1.45. The molecule has 2 aromatic rings. The number of hydrogen-bond acceptors (Lipinski definition) is 5. The molecule has 0 aliphatic heterocycles. The van der Waals surface area contributed by atoms with Crippen molar-refractivity contribution in [1.82, 2.24) is 9.59 Å². The summed E-state index contributed by atoms with van der Waals surface area (Å²) in [7, 11) is 0. The molecule has 0 unspecified atom stereocenters. The molecule has 2 N–H and O–H groups in total. The van der Waals surface area contributed by atoms with Crippen LogP contribution >= 0.6 is 11.5 Å². The minimum absolute atomic E-state index is 0.203. The predicted octanol–water partition coefficient (Wildman–Crippen LogP) is 2.58. The van der Waals surface area contributed by atoms with E-state index in [9.17, 15) is 14.0 Å². The Balaban J connectivity index is 2.21. The zero-order valence-electron chi connectivity index (χ0n) is 11.1. The molecule has 1 amide bonds. The van der Waals surface area contributed by atoms with Crippen molar-refractivity contribution >= 4 is 29.1 Å². The molecule has 1 aromatic heterocycles. The van der Waals surface area contributed by atoms with Crippen LogP contribution in [-0.2, 0) is 6.42 Å². The number of carboxylic acid groups (broad SMARTS) is 1. The Morgan fingerprint density at radius 3 is 2.86 bits per heavy atom. The monoisotopic (exact) mass is 309 g/mol. The zero-order chi connectivity index (χ0) is 15.4. The van der Waals surface area contributed by atoms with Crippen LogP contribution in [0.25, 0.3) is 0 Å². The number of aromatic carboxylic acids is 1. The van der Waals surface area contributed by atoms with Crippen LogP contribution < -0.4 is 5.32 Å². The molecule has 110 valence electrons. The van der Waals surface area contributed by atoms with E-state index in [-0.39, 0.29) is 5.69 Å². The third-order valence-corrected chi connectivity index (χ3v) is 3.47. The van der Waals surface area contributed by atoms with Gasteiger partial charge in [0.05, 0.1) is 11.3 Å². The van der Waals surface area contributed by atoms with Gasteiger partial charge in [-0.2, -0.15) is 0 Å². The molecule has 2 rings (SSSR count). The summed E-state index contributed by atoms with van der Waals surface area (Å²) in [5.74, 6) is -2.68. The molecular formula is C13H12FN3O3S. The molecule has 0 spiro atoms. The number of hydrogen-bond donors (Lipinski definition) is 2. The number of carboxylic acids is 1. The highest BCUT2D eigenvalue weighted by atomic mass is 32.1. The van der Waals surface area contributed by atoms with Crippen LogP contribution in [-0.4, -0.2) is 26.6 Å². The van der Waals surface area contributed by atoms with E-state index in [1.54, 1.807) is 0 Å². The molecule has 21 heavy (non-hydrogen) atoms. The Kier molecular flexibility index (Phi) is 4.59. The molecule has 1 aromatic carbocycles. The lowest BCUT2D eigenvalue weighted by Gasteiger charge is -2.06. The van der Waals surface area contributed by atoms with Crippen LogP contribution in [0.1, 0.15) is 39.1 Å². The van der Waals surface area contributed by atoms with Gasteiger partial charge in [0, 0.05) is 5.69 Å². The first-order valence-electron chi connectivity index (χ1n) is 6.18. The number of rotatable bonds is 5. The van der Waals surface area contributed by atoms with Crippen molar-refractivity contribution in [1.29, 1.82) is 0 Å². The van der Waals surface area contributed by atoms with Crippen LogP contribution in [0.2, 0.25) is 0 Å². The van der Waals surface area contributed by atoms with Gasteiger partial charge in [-0.05, 0) is 36.2 Å². The van der Waals surface area contributed by atoms with Crippen LogP contribution in [0, 0.1) is 5.82 Å². The highest BCUT2D eigenvalue weighted by Gasteiger charge is 2.17. The minimum atomic E-state index is -1.39. The van der Waals surface area contributed by atoms with E-state index in [0.29, 0.717) is 17.0 Å². The van der Waals surface area contributed by atoms with Gasteiger partial charge in [0.25, 0.3) is 5.91 Å². The van der Waals surface area contributed by atoms with Crippen molar-refractivity contribution in [2.24, 2.45) is 0 Å². The van der Waals surface area contributed by atoms with Crippen LogP contribution in [0.5, 0.6) is 0 Å². The summed E-state index contributed by atoms with van der Waals surface area (Å²) in [5.41, 5.74) is 0.305. The molecule has 0 bridgehead atoms. The lowest BCUT2D eigenvalue weighted by Crippen LogP contribution is -2.13. The van der Waals surface area contributed by atoms with E-state index < -0.39 is 23.3 Å². The minimum Gasteiger partial charge on any atom is -0.478 e. The van der Waals surface area contributed by atoms with E-state index in [1.807, 2.05) is 6.92 Å². The first-order valence-corrected chi connectivity index (χ1v) is 6.95. The van der Waals surface area contributed by atoms with E-state index in [1.165, 1.54) is 6.07 Å². The first-order chi connectivity index (χ1) is 10.0. The van der Waals surface area contributed by atoms with Crippen LogP contribution in [0.15, 0.2) is 18.2 Å². The summed E-state index contributed by atoms with van der Waals surface area (Å²) in [4.78, 5) is 23.3. The first kappa shape index (κ1) is 15.0. The molecule has 6 nitrogen and oxygen atoms in total. The Morgan fingerprint density at radius 1 is 1.43 bits per heavy atom. The molecule has 0 radical (unpaired) electrons. The maximum absolute atomic E-state index is 13.3. The van der Waals surface area contributed by atoms with E-state index in [2.05, 4.69) is 14.9 Å². The number of nitrogens with zero attached hydrogens (tertiary/aromatic N) is 2. The quantitative estimate of drug-likeness (QED) is 0.885. The zero-order valence-corrected chi connectivity index (χ0v) is 11.9. The highest BCUT2D eigenvalue weighted by Crippen LogP contribution is 2.18. The predicted molar refractivity (Wildman–Crippen MR) is 75.2 cm³/mol. The average molecular weight is 309 g/mol. The van der Waals surface area contributed by atoms with Gasteiger partial charge in [0.2, 0.25) is 0 Å². The SMILES string of the molecule is CCCc1nnsc1C(=O)Nc1ccc(F)c(C(=O)O)c1. The molecule has 0 fully saturated rings. The number of aromatic nitrogens is 2. The van der Waals surface area contributed by atoms with Crippen molar-refractivity contribution in [3.05, 3.63) is 40.2 Å². The summed E-state index contributed by atoms with van der Waals surface area (Å²) in [6, 6.07) is 3.37. The van der Waals surface area contributed by atoms with Gasteiger partial charge in [-0.25, -0.2) is 9.18 Å². The summed E-state index contributed by atoms with van der Waals surface area (Å²) in [5, 5.41) is 15.3. The summed E-state index contributed by atoms with van der Waals surface area (Å²) >= 11 is 0.967. The number of anilines is 1. The van der Waals surface area contributed by atoms with E-state index in [0.717, 1.165) is 30.1 Å². The van der Waals surface area contributed by atoms with E-state index in [4.69, 9.17) is 5.11 Å². The second-order valence-electron chi connectivity index (χ2n) is 4.25. The standard InChI is InChI=1S/C13H12FN3O3S/c1-2-3-10-11(21-17-16-10)12(18)15-7-4-5-9(14)8(6-7)13(19)20/h4-6H,2-3H2,1H3,(H,15,18)(H,19,20). The molecule has 8 heteroatoms. The number of nitrogens with one attached hydrogen (secondary N) is 1. The Hall–Kier alpha value is -2.35. The number of aryl methyl sites for hydroxylation is 1. The van der Waals surface area contributed by atoms with Gasteiger partial charge in [-0.3, -0.25) is 4.79 Å². The second-order valence-corrected chi connectivity index (χ2v) is 5.01. The fourth-order valence-corrected chi connectivity index (χ4v) is 2.34. The number of carbonyl (C=O) groups excluding carboxylic acids is 1. The van der Waals surface area contributed by atoms with Crippen LogP contribution in [0.4, 0.5) is 10.1 Å². The molecule has 0 aliphatic rings. The van der Waals surface area contributed by atoms with Gasteiger partial charge < -0.3 is 10.4 Å².